The van der Waals surface area contributed by atoms with E-state index in [9.17, 15) is 0 Å². The molecule has 2 aromatic carbocycles. The van der Waals surface area contributed by atoms with Gasteiger partial charge in [0.25, 0.3) is 0 Å². The molecule has 4 aromatic rings. The molecule has 7 heteroatoms. The highest BCUT2D eigenvalue weighted by Gasteiger charge is 2.10. The molecular weight excluding hydrogens is 370 g/mol. The van der Waals surface area contributed by atoms with E-state index in [-0.39, 0.29) is 5.49 Å². The van der Waals surface area contributed by atoms with Gasteiger partial charge < -0.3 is 14.3 Å². The van der Waals surface area contributed by atoms with E-state index in [0.29, 0.717) is 18.7 Å². The Labute approximate surface area is 167 Å². The van der Waals surface area contributed by atoms with Crippen molar-refractivity contribution < 1.29 is 4.74 Å². The molecule has 0 spiro atoms. The van der Waals surface area contributed by atoms with E-state index in [2.05, 4.69) is 27.1 Å². The van der Waals surface area contributed by atoms with Crippen LogP contribution in [0.3, 0.4) is 0 Å². The van der Waals surface area contributed by atoms with Crippen LogP contribution in [0.4, 0.5) is 0 Å². The number of imidazole rings is 1. The van der Waals surface area contributed by atoms with E-state index in [0.717, 1.165) is 27.9 Å². The summed E-state index contributed by atoms with van der Waals surface area (Å²) in [6, 6.07) is 18.2. The quantitative estimate of drug-likeness (QED) is 0.371. The maximum atomic E-state index is 8.07. The first kappa shape index (κ1) is 18.3. The van der Waals surface area contributed by atoms with Gasteiger partial charge in [0.2, 0.25) is 0 Å². The van der Waals surface area contributed by atoms with Crippen molar-refractivity contribution >= 4 is 22.9 Å². The predicted molar refractivity (Wildman–Crippen MR) is 111 cm³/mol. The van der Waals surface area contributed by atoms with Crippen LogP contribution in [0.5, 0.6) is 5.75 Å². The zero-order valence-corrected chi connectivity index (χ0v) is 16.4. The van der Waals surface area contributed by atoms with E-state index >= 15 is 0 Å². The van der Waals surface area contributed by atoms with Crippen LogP contribution in [-0.2, 0) is 6.54 Å². The highest BCUT2D eigenvalue weighted by atomic mass is 32.2. The summed E-state index contributed by atoms with van der Waals surface area (Å²) in [5, 5.41) is 8.84. The summed E-state index contributed by atoms with van der Waals surface area (Å²) in [5.74, 6) is 1.64. The van der Waals surface area contributed by atoms with Gasteiger partial charge in [-0.1, -0.05) is 54.2 Å². The van der Waals surface area contributed by atoms with E-state index < -0.39 is 0 Å². The Morgan fingerprint density at radius 1 is 1.14 bits per heavy atom. The van der Waals surface area contributed by atoms with Crippen molar-refractivity contribution in [3.63, 3.8) is 0 Å². The van der Waals surface area contributed by atoms with Crippen molar-refractivity contribution in [2.75, 3.05) is 12.4 Å². The van der Waals surface area contributed by atoms with Gasteiger partial charge in [-0.3, -0.25) is 5.41 Å². The number of ether oxygens (including phenoxy) is 1. The van der Waals surface area contributed by atoms with Crippen molar-refractivity contribution in [2.45, 2.75) is 18.6 Å². The first-order valence-corrected chi connectivity index (χ1v) is 10.0. The van der Waals surface area contributed by atoms with Crippen LogP contribution < -0.4 is 10.2 Å². The standard InChI is InChI=1S/C21H21N5OS/c1-15-6-5-9-17(12-15)27-10-11-28-21-24-18-19(22)23-14-26(20(18)25-21)13-16-7-3-2-4-8-16/h2-9,12,14,22H,10-11,13H2,1H3,(H,24,25). The summed E-state index contributed by atoms with van der Waals surface area (Å²) in [7, 11) is 0. The van der Waals surface area contributed by atoms with Crippen LogP contribution >= 0.6 is 11.8 Å². The lowest BCUT2D eigenvalue weighted by molar-refractivity contribution is 0.343. The fourth-order valence-electron chi connectivity index (χ4n) is 2.93. The lowest BCUT2D eigenvalue weighted by atomic mass is 10.2. The van der Waals surface area contributed by atoms with E-state index in [1.54, 1.807) is 18.1 Å². The molecule has 0 aliphatic heterocycles. The molecule has 0 saturated heterocycles. The smallest absolute Gasteiger partial charge is 0.173 e. The topological polar surface area (TPSA) is 79.6 Å². The van der Waals surface area contributed by atoms with Crippen molar-refractivity contribution in [1.29, 1.82) is 5.41 Å². The molecule has 0 radical (unpaired) electrons. The second kappa shape index (κ2) is 8.31. The number of aromatic amines is 1. The molecule has 0 aliphatic rings. The molecular formula is C21H21N5OS. The van der Waals surface area contributed by atoms with Crippen molar-refractivity contribution in [3.05, 3.63) is 77.5 Å². The number of hydrogen-bond donors (Lipinski definition) is 2. The Morgan fingerprint density at radius 3 is 2.82 bits per heavy atom. The van der Waals surface area contributed by atoms with Gasteiger partial charge in [0.15, 0.2) is 16.3 Å². The Kier molecular flexibility index (Phi) is 5.43. The number of fused-ring (bicyclic) bond motifs is 1. The number of aromatic nitrogens is 4. The van der Waals surface area contributed by atoms with Gasteiger partial charge in [-0.2, -0.15) is 0 Å². The summed E-state index contributed by atoms with van der Waals surface area (Å²) in [6.45, 7) is 3.30. The Balaban J connectivity index is 1.45. The fraction of sp³-hybridized carbons (Fsp3) is 0.190. The summed E-state index contributed by atoms with van der Waals surface area (Å²) in [5.41, 5.74) is 3.94. The SMILES string of the molecule is Cc1cccc(OCCSc2nc3c([nH]2)c(=N)ncn3Cc2ccccc2)c1. The normalized spacial score (nSPS) is 11.0. The van der Waals surface area contributed by atoms with Gasteiger partial charge in [0, 0.05) is 5.75 Å². The minimum absolute atomic E-state index is 0.203. The molecule has 0 unspecified atom stereocenters. The predicted octanol–water partition coefficient (Wildman–Crippen LogP) is 3.77. The molecule has 142 valence electrons. The number of hydrogen-bond acceptors (Lipinski definition) is 5. The van der Waals surface area contributed by atoms with Gasteiger partial charge in [0.1, 0.15) is 11.3 Å². The third-order valence-electron chi connectivity index (χ3n) is 4.27. The maximum Gasteiger partial charge on any atom is 0.173 e. The van der Waals surface area contributed by atoms with Gasteiger partial charge in [-0.25, -0.2) is 9.97 Å². The lowest BCUT2D eigenvalue weighted by Gasteiger charge is -2.06. The van der Waals surface area contributed by atoms with Crippen molar-refractivity contribution in [1.82, 2.24) is 19.5 Å². The summed E-state index contributed by atoms with van der Waals surface area (Å²) in [4.78, 5) is 12.1. The lowest BCUT2D eigenvalue weighted by Crippen LogP contribution is -2.13. The molecule has 6 nitrogen and oxygen atoms in total. The van der Waals surface area contributed by atoms with Gasteiger partial charge in [-0.15, -0.1) is 0 Å². The largest absolute Gasteiger partial charge is 0.493 e. The second-order valence-corrected chi connectivity index (χ2v) is 7.54. The van der Waals surface area contributed by atoms with Crippen molar-refractivity contribution in [3.8, 4) is 5.75 Å². The number of thioether (sulfide) groups is 1. The van der Waals surface area contributed by atoms with E-state index in [1.807, 2.05) is 54.0 Å². The fourth-order valence-corrected chi connectivity index (χ4v) is 3.61. The third kappa shape index (κ3) is 4.26. The van der Waals surface area contributed by atoms with Crippen LogP contribution in [0.15, 0.2) is 66.1 Å². The first-order chi connectivity index (χ1) is 13.7. The minimum Gasteiger partial charge on any atom is -0.493 e. The molecule has 0 aliphatic carbocycles. The number of nitrogens with zero attached hydrogens (tertiary/aromatic N) is 3. The average Bonchev–Trinajstić information content (AvgIpc) is 3.14. The van der Waals surface area contributed by atoms with E-state index in [4.69, 9.17) is 10.1 Å². The van der Waals surface area contributed by atoms with Crippen LogP contribution in [0.25, 0.3) is 11.2 Å². The van der Waals surface area contributed by atoms with Crippen LogP contribution in [0, 0.1) is 12.3 Å². The molecule has 0 fully saturated rings. The monoisotopic (exact) mass is 391 g/mol. The highest BCUT2D eigenvalue weighted by Crippen LogP contribution is 2.19. The number of aryl methyl sites for hydroxylation is 1. The molecule has 0 bridgehead atoms. The molecule has 2 N–H and O–H groups in total. The molecule has 2 heterocycles. The number of benzene rings is 2. The maximum absolute atomic E-state index is 8.07. The zero-order valence-electron chi connectivity index (χ0n) is 15.6. The molecule has 0 atom stereocenters. The van der Waals surface area contributed by atoms with Crippen LogP contribution in [0.1, 0.15) is 11.1 Å². The Morgan fingerprint density at radius 2 is 2.00 bits per heavy atom. The molecule has 0 amide bonds. The van der Waals surface area contributed by atoms with Crippen LogP contribution in [-0.4, -0.2) is 31.9 Å². The zero-order chi connectivity index (χ0) is 19.3. The summed E-state index contributed by atoms with van der Waals surface area (Å²) in [6.07, 6.45) is 1.67. The average molecular weight is 392 g/mol. The van der Waals surface area contributed by atoms with Crippen LogP contribution in [0.2, 0.25) is 0 Å². The number of nitrogens with one attached hydrogen (secondary N) is 2. The number of H-pyrrole nitrogens is 1. The Hall–Kier alpha value is -3.06. The third-order valence-corrected chi connectivity index (χ3v) is 5.11. The van der Waals surface area contributed by atoms with E-state index in [1.165, 1.54) is 5.56 Å². The van der Waals surface area contributed by atoms with Crippen molar-refractivity contribution in [2.24, 2.45) is 0 Å². The summed E-state index contributed by atoms with van der Waals surface area (Å²) < 4.78 is 7.76. The first-order valence-electron chi connectivity index (χ1n) is 9.05. The molecule has 0 saturated carbocycles. The summed E-state index contributed by atoms with van der Waals surface area (Å²) >= 11 is 1.58. The van der Waals surface area contributed by atoms with Gasteiger partial charge in [-0.05, 0) is 30.2 Å². The second-order valence-electron chi connectivity index (χ2n) is 6.46. The highest BCUT2D eigenvalue weighted by molar-refractivity contribution is 7.99. The molecule has 4 rings (SSSR count). The van der Waals surface area contributed by atoms with Gasteiger partial charge >= 0.3 is 0 Å². The minimum atomic E-state index is 0.203. The molecule has 2 aromatic heterocycles. The Bertz CT molecular complexity index is 1140. The molecule has 28 heavy (non-hydrogen) atoms. The van der Waals surface area contributed by atoms with Gasteiger partial charge in [0.05, 0.1) is 19.5 Å². The number of rotatable bonds is 7.